The zero-order valence-corrected chi connectivity index (χ0v) is 14.3. The summed E-state index contributed by atoms with van der Waals surface area (Å²) in [6, 6.07) is 16.4. The molecule has 0 radical (unpaired) electrons. The van der Waals surface area contributed by atoms with Gasteiger partial charge in [-0.2, -0.15) is 5.10 Å². The molecule has 2 aromatic carbocycles. The average Bonchev–Trinajstić information content (AvgIpc) is 3.42. The van der Waals surface area contributed by atoms with E-state index in [9.17, 15) is 4.79 Å². The van der Waals surface area contributed by atoms with Crippen molar-refractivity contribution in [3.05, 3.63) is 84.7 Å². The van der Waals surface area contributed by atoms with Crippen molar-refractivity contribution in [2.45, 2.75) is 12.6 Å². The Labute approximate surface area is 154 Å². The van der Waals surface area contributed by atoms with Gasteiger partial charge in [0, 0.05) is 6.54 Å². The zero-order chi connectivity index (χ0) is 18.5. The Kier molecular flexibility index (Phi) is 4.64. The molecule has 0 spiro atoms. The summed E-state index contributed by atoms with van der Waals surface area (Å²) in [5, 5.41) is 18.3. The number of amides is 1. The van der Waals surface area contributed by atoms with Crippen LogP contribution in [0.25, 0.3) is 5.69 Å². The standard InChI is InChI=1S/C18H16N8O/c27-18(17(26-13-21-23-24-26)14-6-2-1-3-7-14)20-10-15-8-4-5-9-16(15)25-12-19-11-22-25/h1-9,11-13,17H,10H2,(H,20,27)/t17-/m1/s1. The summed E-state index contributed by atoms with van der Waals surface area (Å²) in [5.41, 5.74) is 2.57. The van der Waals surface area contributed by atoms with E-state index < -0.39 is 6.04 Å². The molecule has 0 saturated heterocycles. The fraction of sp³-hybridized carbons (Fsp3) is 0.111. The molecular formula is C18H16N8O. The fourth-order valence-electron chi connectivity index (χ4n) is 2.84. The van der Waals surface area contributed by atoms with Crippen molar-refractivity contribution < 1.29 is 4.79 Å². The molecule has 27 heavy (non-hydrogen) atoms. The number of carbonyl (C=O) groups excluding carboxylic acids is 1. The van der Waals surface area contributed by atoms with E-state index in [-0.39, 0.29) is 5.91 Å². The molecule has 2 heterocycles. The highest BCUT2D eigenvalue weighted by atomic mass is 16.2. The SMILES string of the molecule is O=C(NCc1ccccc1-n1cncn1)[C@@H](c1ccccc1)n1cnnn1. The van der Waals surface area contributed by atoms with E-state index in [2.05, 4.69) is 30.9 Å². The minimum absolute atomic E-state index is 0.207. The maximum atomic E-state index is 13.0. The maximum absolute atomic E-state index is 13.0. The predicted octanol–water partition coefficient (Wildman–Crippen LogP) is 1.16. The monoisotopic (exact) mass is 360 g/mol. The van der Waals surface area contributed by atoms with Crippen molar-refractivity contribution >= 4 is 5.91 Å². The molecule has 9 heteroatoms. The molecule has 0 saturated carbocycles. The Morgan fingerprint density at radius 1 is 1.04 bits per heavy atom. The molecule has 4 rings (SSSR count). The molecule has 134 valence electrons. The molecule has 0 fully saturated rings. The lowest BCUT2D eigenvalue weighted by molar-refractivity contribution is -0.123. The highest BCUT2D eigenvalue weighted by Gasteiger charge is 2.23. The third kappa shape index (κ3) is 3.56. The van der Waals surface area contributed by atoms with Crippen LogP contribution in [0.1, 0.15) is 17.2 Å². The molecule has 4 aromatic rings. The lowest BCUT2D eigenvalue weighted by atomic mass is 10.1. The molecule has 1 atom stereocenters. The van der Waals surface area contributed by atoms with Crippen LogP contribution >= 0.6 is 0 Å². The second kappa shape index (κ2) is 7.56. The molecule has 1 N–H and O–H groups in total. The smallest absolute Gasteiger partial charge is 0.249 e. The summed E-state index contributed by atoms with van der Waals surface area (Å²) in [4.78, 5) is 16.9. The van der Waals surface area contributed by atoms with Gasteiger partial charge in [0.05, 0.1) is 5.69 Å². The van der Waals surface area contributed by atoms with E-state index >= 15 is 0 Å². The zero-order valence-electron chi connectivity index (χ0n) is 14.3. The first-order valence-corrected chi connectivity index (χ1v) is 8.31. The van der Waals surface area contributed by atoms with Crippen molar-refractivity contribution in [3.8, 4) is 5.69 Å². The van der Waals surface area contributed by atoms with Gasteiger partial charge in [0.2, 0.25) is 5.91 Å². The molecule has 0 aliphatic rings. The van der Waals surface area contributed by atoms with E-state index in [4.69, 9.17) is 0 Å². The van der Waals surface area contributed by atoms with Crippen LogP contribution in [0.3, 0.4) is 0 Å². The summed E-state index contributed by atoms with van der Waals surface area (Å²) in [7, 11) is 0. The first-order valence-electron chi connectivity index (χ1n) is 8.31. The lowest BCUT2D eigenvalue weighted by Crippen LogP contribution is -2.33. The number of nitrogens with one attached hydrogen (secondary N) is 1. The van der Waals surface area contributed by atoms with Gasteiger partial charge in [0.1, 0.15) is 19.0 Å². The maximum Gasteiger partial charge on any atom is 0.249 e. The second-order valence-electron chi connectivity index (χ2n) is 5.79. The van der Waals surface area contributed by atoms with Crippen LogP contribution in [0, 0.1) is 0 Å². The Morgan fingerprint density at radius 3 is 2.59 bits per heavy atom. The number of hydrogen-bond acceptors (Lipinski definition) is 6. The normalized spacial score (nSPS) is 11.9. The number of benzene rings is 2. The fourth-order valence-corrected chi connectivity index (χ4v) is 2.84. The Hall–Kier alpha value is -3.88. The quantitative estimate of drug-likeness (QED) is 0.553. The summed E-state index contributed by atoms with van der Waals surface area (Å²) < 4.78 is 3.10. The first kappa shape index (κ1) is 16.6. The Bertz CT molecular complexity index is 999. The lowest BCUT2D eigenvalue weighted by Gasteiger charge is -2.17. The highest BCUT2D eigenvalue weighted by Crippen LogP contribution is 2.18. The number of nitrogens with zero attached hydrogens (tertiary/aromatic N) is 7. The van der Waals surface area contributed by atoms with Gasteiger partial charge in [0.15, 0.2) is 6.04 Å². The van der Waals surface area contributed by atoms with Crippen molar-refractivity contribution in [3.63, 3.8) is 0 Å². The Balaban J connectivity index is 1.57. The highest BCUT2D eigenvalue weighted by molar-refractivity contribution is 5.83. The molecule has 0 aliphatic carbocycles. The number of carbonyl (C=O) groups is 1. The number of aromatic nitrogens is 7. The Morgan fingerprint density at radius 2 is 1.85 bits per heavy atom. The molecular weight excluding hydrogens is 344 g/mol. The molecule has 0 bridgehead atoms. The van der Waals surface area contributed by atoms with Crippen molar-refractivity contribution in [2.75, 3.05) is 0 Å². The summed E-state index contributed by atoms with van der Waals surface area (Å²) in [6.07, 6.45) is 4.52. The van der Waals surface area contributed by atoms with E-state index in [1.807, 2.05) is 54.6 Å². The van der Waals surface area contributed by atoms with Gasteiger partial charge in [-0.1, -0.05) is 48.5 Å². The molecule has 9 nitrogen and oxygen atoms in total. The summed E-state index contributed by atoms with van der Waals surface area (Å²) >= 11 is 0. The van der Waals surface area contributed by atoms with Crippen LogP contribution in [0.5, 0.6) is 0 Å². The van der Waals surface area contributed by atoms with Crippen LogP contribution < -0.4 is 5.32 Å². The predicted molar refractivity (Wildman–Crippen MR) is 95.6 cm³/mol. The number of hydrogen-bond donors (Lipinski definition) is 1. The third-order valence-electron chi connectivity index (χ3n) is 4.10. The van der Waals surface area contributed by atoms with Crippen LogP contribution in [-0.4, -0.2) is 40.9 Å². The number of para-hydroxylation sites is 1. The largest absolute Gasteiger partial charge is 0.350 e. The first-order chi connectivity index (χ1) is 13.3. The molecule has 0 unspecified atom stereocenters. The van der Waals surface area contributed by atoms with E-state index in [1.54, 1.807) is 11.0 Å². The minimum atomic E-state index is -0.653. The van der Waals surface area contributed by atoms with E-state index in [0.29, 0.717) is 6.54 Å². The van der Waals surface area contributed by atoms with E-state index in [1.165, 1.54) is 17.3 Å². The van der Waals surface area contributed by atoms with Crippen LogP contribution in [-0.2, 0) is 11.3 Å². The van der Waals surface area contributed by atoms with Crippen LogP contribution in [0.2, 0.25) is 0 Å². The number of tetrazole rings is 1. The van der Waals surface area contributed by atoms with Gasteiger partial charge >= 0.3 is 0 Å². The van der Waals surface area contributed by atoms with Gasteiger partial charge in [-0.05, 0) is 27.6 Å². The minimum Gasteiger partial charge on any atom is -0.350 e. The van der Waals surface area contributed by atoms with Crippen molar-refractivity contribution in [2.24, 2.45) is 0 Å². The van der Waals surface area contributed by atoms with Gasteiger partial charge in [-0.3, -0.25) is 4.79 Å². The molecule has 2 aromatic heterocycles. The van der Waals surface area contributed by atoms with Crippen molar-refractivity contribution in [1.82, 2.24) is 40.3 Å². The van der Waals surface area contributed by atoms with Gasteiger partial charge in [-0.25, -0.2) is 14.3 Å². The second-order valence-corrected chi connectivity index (χ2v) is 5.79. The van der Waals surface area contributed by atoms with Gasteiger partial charge < -0.3 is 5.32 Å². The molecule has 0 aliphatic heterocycles. The third-order valence-corrected chi connectivity index (χ3v) is 4.10. The van der Waals surface area contributed by atoms with Crippen LogP contribution in [0.15, 0.2) is 73.6 Å². The summed E-state index contributed by atoms with van der Waals surface area (Å²) in [6.45, 7) is 0.334. The van der Waals surface area contributed by atoms with Crippen LogP contribution in [0.4, 0.5) is 0 Å². The average molecular weight is 360 g/mol. The number of rotatable bonds is 6. The summed E-state index contributed by atoms with van der Waals surface area (Å²) in [5.74, 6) is -0.207. The van der Waals surface area contributed by atoms with Gasteiger partial charge in [0.25, 0.3) is 0 Å². The molecule has 1 amide bonds. The topological polar surface area (TPSA) is 103 Å². The van der Waals surface area contributed by atoms with E-state index in [0.717, 1.165) is 16.8 Å². The van der Waals surface area contributed by atoms with Gasteiger partial charge in [-0.15, -0.1) is 5.10 Å². The van der Waals surface area contributed by atoms with Crippen molar-refractivity contribution in [1.29, 1.82) is 0 Å².